The van der Waals surface area contributed by atoms with Gasteiger partial charge in [-0.1, -0.05) is 23.4 Å². The van der Waals surface area contributed by atoms with Gasteiger partial charge in [0.05, 0.1) is 18.9 Å². The number of anilines is 1. The predicted molar refractivity (Wildman–Crippen MR) is 113 cm³/mol. The first-order chi connectivity index (χ1) is 14.3. The molecule has 0 aliphatic carbocycles. The topological polar surface area (TPSA) is 69.4 Å². The summed E-state index contributed by atoms with van der Waals surface area (Å²) in [5.41, 5.74) is 3.57. The molecule has 156 valence electrons. The fraction of sp³-hybridized carbons (Fsp3) is 0.524. The van der Waals surface area contributed by atoms with Crippen LogP contribution in [0.3, 0.4) is 0 Å². The van der Waals surface area contributed by atoms with Crippen molar-refractivity contribution >= 4 is 11.6 Å². The van der Waals surface area contributed by atoms with E-state index in [0.29, 0.717) is 0 Å². The van der Waals surface area contributed by atoms with E-state index in [1.165, 1.54) is 11.3 Å². The van der Waals surface area contributed by atoms with Crippen LogP contribution in [0.2, 0.25) is 0 Å². The predicted octanol–water partition coefficient (Wildman–Crippen LogP) is 1.40. The largest absolute Gasteiger partial charge is 0.378 e. The molecule has 2 aromatic rings. The molecule has 1 aromatic carbocycles. The lowest BCUT2D eigenvalue weighted by Gasteiger charge is -2.36. The molecule has 1 N–H and O–H groups in total. The Bertz CT molecular complexity index is 780. The Morgan fingerprint density at radius 2 is 1.86 bits per heavy atom. The second-order valence-electron chi connectivity index (χ2n) is 7.38. The van der Waals surface area contributed by atoms with Crippen molar-refractivity contribution in [2.75, 3.05) is 64.4 Å². The van der Waals surface area contributed by atoms with E-state index in [-0.39, 0.29) is 0 Å². The SMILES string of the molecule is CN=C(NCc1ccccc1N1CCOCC1)N1CCN(Cc2ccon2)CC1. The zero-order valence-corrected chi connectivity index (χ0v) is 17.1. The molecule has 0 unspecified atom stereocenters. The van der Waals surface area contributed by atoms with Gasteiger partial charge in [0.25, 0.3) is 0 Å². The van der Waals surface area contributed by atoms with Gasteiger partial charge in [0.1, 0.15) is 6.26 Å². The Morgan fingerprint density at radius 1 is 1.07 bits per heavy atom. The molecule has 0 atom stereocenters. The number of nitrogens with one attached hydrogen (secondary N) is 1. The molecule has 1 aromatic heterocycles. The van der Waals surface area contributed by atoms with E-state index in [9.17, 15) is 0 Å². The second-order valence-corrected chi connectivity index (χ2v) is 7.38. The summed E-state index contributed by atoms with van der Waals surface area (Å²) in [7, 11) is 1.86. The highest BCUT2D eigenvalue weighted by Crippen LogP contribution is 2.21. The number of hydrogen-bond acceptors (Lipinski definition) is 6. The smallest absolute Gasteiger partial charge is 0.194 e. The number of aliphatic imine (C=N–C) groups is 1. The Morgan fingerprint density at radius 3 is 2.59 bits per heavy atom. The molecule has 2 fully saturated rings. The van der Waals surface area contributed by atoms with Crippen molar-refractivity contribution in [1.29, 1.82) is 0 Å². The number of nitrogens with zero attached hydrogens (tertiary/aromatic N) is 5. The summed E-state index contributed by atoms with van der Waals surface area (Å²) >= 11 is 0. The quantitative estimate of drug-likeness (QED) is 0.603. The zero-order chi connectivity index (χ0) is 19.9. The van der Waals surface area contributed by atoms with E-state index in [1.807, 2.05) is 13.1 Å². The molecule has 0 bridgehead atoms. The Kier molecular flexibility index (Phi) is 6.63. The van der Waals surface area contributed by atoms with Gasteiger partial charge in [0.15, 0.2) is 5.96 Å². The van der Waals surface area contributed by atoms with Crippen LogP contribution in [-0.2, 0) is 17.8 Å². The molecular formula is C21H30N6O2. The molecule has 29 heavy (non-hydrogen) atoms. The highest BCUT2D eigenvalue weighted by atomic mass is 16.5. The van der Waals surface area contributed by atoms with Gasteiger partial charge >= 0.3 is 0 Å². The average Bonchev–Trinajstić information content (AvgIpc) is 3.29. The lowest BCUT2D eigenvalue weighted by Crippen LogP contribution is -2.52. The average molecular weight is 399 g/mol. The highest BCUT2D eigenvalue weighted by molar-refractivity contribution is 5.80. The van der Waals surface area contributed by atoms with Crippen LogP contribution in [-0.4, -0.2) is 80.4 Å². The number of para-hydroxylation sites is 1. The number of rotatable bonds is 5. The van der Waals surface area contributed by atoms with Gasteiger partial charge in [-0.25, -0.2) is 0 Å². The van der Waals surface area contributed by atoms with E-state index in [1.54, 1.807) is 6.26 Å². The summed E-state index contributed by atoms with van der Waals surface area (Å²) < 4.78 is 10.4. The van der Waals surface area contributed by atoms with Crippen molar-refractivity contribution in [3.05, 3.63) is 47.9 Å². The molecule has 0 spiro atoms. The van der Waals surface area contributed by atoms with Crippen LogP contribution in [0.5, 0.6) is 0 Å². The van der Waals surface area contributed by atoms with Gasteiger partial charge in [-0.05, 0) is 11.6 Å². The third-order valence-corrected chi connectivity index (χ3v) is 5.54. The van der Waals surface area contributed by atoms with Gasteiger partial charge < -0.3 is 24.4 Å². The van der Waals surface area contributed by atoms with Crippen LogP contribution in [0.1, 0.15) is 11.3 Å². The minimum Gasteiger partial charge on any atom is -0.378 e. The van der Waals surface area contributed by atoms with Crippen LogP contribution < -0.4 is 10.2 Å². The highest BCUT2D eigenvalue weighted by Gasteiger charge is 2.21. The Balaban J connectivity index is 1.31. The maximum atomic E-state index is 5.50. The minimum atomic E-state index is 0.763. The number of hydrogen-bond donors (Lipinski definition) is 1. The van der Waals surface area contributed by atoms with Crippen molar-refractivity contribution < 1.29 is 9.26 Å². The monoisotopic (exact) mass is 398 g/mol. The van der Waals surface area contributed by atoms with E-state index >= 15 is 0 Å². The number of ether oxygens (including phenoxy) is 1. The molecule has 4 rings (SSSR count). The first-order valence-electron chi connectivity index (χ1n) is 10.3. The van der Waals surface area contributed by atoms with E-state index in [0.717, 1.165) is 77.2 Å². The summed E-state index contributed by atoms with van der Waals surface area (Å²) in [5, 5.41) is 7.58. The van der Waals surface area contributed by atoms with Gasteiger partial charge in [0.2, 0.25) is 0 Å². The molecule has 3 heterocycles. The first-order valence-corrected chi connectivity index (χ1v) is 10.3. The minimum absolute atomic E-state index is 0.763. The molecular weight excluding hydrogens is 368 g/mol. The van der Waals surface area contributed by atoms with Gasteiger partial charge in [-0.15, -0.1) is 0 Å². The molecule has 8 nitrogen and oxygen atoms in total. The third kappa shape index (κ3) is 5.07. The van der Waals surface area contributed by atoms with Crippen LogP contribution in [0.15, 0.2) is 46.1 Å². The fourth-order valence-corrected chi connectivity index (χ4v) is 3.95. The standard InChI is InChI=1S/C21H30N6O2/c1-22-21(27-9-7-25(8-10-27)17-19-6-13-29-24-19)23-16-18-4-2-3-5-20(18)26-11-14-28-15-12-26/h2-6,13H,7-12,14-17H2,1H3,(H,22,23). The van der Waals surface area contributed by atoms with Gasteiger partial charge in [0, 0.05) is 71.2 Å². The molecule has 8 heteroatoms. The van der Waals surface area contributed by atoms with Crippen LogP contribution in [0.25, 0.3) is 0 Å². The number of aromatic nitrogens is 1. The van der Waals surface area contributed by atoms with Crippen molar-refractivity contribution in [2.24, 2.45) is 4.99 Å². The van der Waals surface area contributed by atoms with Crippen molar-refractivity contribution in [1.82, 2.24) is 20.3 Å². The van der Waals surface area contributed by atoms with E-state index < -0.39 is 0 Å². The Labute approximate surface area is 172 Å². The molecule has 2 aliphatic rings. The first kappa shape index (κ1) is 19.7. The number of piperazine rings is 1. The molecule has 2 saturated heterocycles. The van der Waals surface area contributed by atoms with Gasteiger partial charge in [-0.2, -0.15) is 0 Å². The summed E-state index contributed by atoms with van der Waals surface area (Å²) in [5.74, 6) is 0.961. The molecule has 0 amide bonds. The Hall–Kier alpha value is -2.58. The molecule has 0 saturated carbocycles. The van der Waals surface area contributed by atoms with Crippen molar-refractivity contribution in [3.8, 4) is 0 Å². The maximum absolute atomic E-state index is 5.50. The number of benzene rings is 1. The van der Waals surface area contributed by atoms with Crippen molar-refractivity contribution in [2.45, 2.75) is 13.1 Å². The van der Waals surface area contributed by atoms with E-state index in [2.05, 4.69) is 54.4 Å². The lowest BCUT2D eigenvalue weighted by molar-refractivity contribution is 0.122. The summed E-state index contributed by atoms with van der Waals surface area (Å²) in [6.45, 7) is 8.94. The van der Waals surface area contributed by atoms with Crippen LogP contribution in [0.4, 0.5) is 5.69 Å². The number of morpholine rings is 1. The molecule has 0 radical (unpaired) electrons. The lowest BCUT2D eigenvalue weighted by atomic mass is 10.1. The van der Waals surface area contributed by atoms with Crippen molar-refractivity contribution in [3.63, 3.8) is 0 Å². The second kappa shape index (κ2) is 9.76. The summed E-state index contributed by atoms with van der Waals surface area (Å²) in [6, 6.07) is 10.5. The van der Waals surface area contributed by atoms with Crippen LogP contribution in [0, 0.1) is 0 Å². The van der Waals surface area contributed by atoms with Crippen LogP contribution >= 0.6 is 0 Å². The third-order valence-electron chi connectivity index (χ3n) is 5.54. The van der Waals surface area contributed by atoms with E-state index in [4.69, 9.17) is 9.26 Å². The summed E-state index contributed by atoms with van der Waals surface area (Å²) in [4.78, 5) is 11.7. The number of guanidine groups is 1. The molecule has 2 aliphatic heterocycles. The zero-order valence-electron chi connectivity index (χ0n) is 17.1. The van der Waals surface area contributed by atoms with Gasteiger partial charge in [-0.3, -0.25) is 9.89 Å². The summed E-state index contributed by atoms with van der Waals surface area (Å²) in [6.07, 6.45) is 1.63. The fourth-order valence-electron chi connectivity index (χ4n) is 3.95. The maximum Gasteiger partial charge on any atom is 0.194 e. The normalized spacial score (nSPS) is 18.9.